The van der Waals surface area contributed by atoms with Crippen LogP contribution in [-0.2, 0) is 44.6 Å². The van der Waals surface area contributed by atoms with Gasteiger partial charge in [-0.2, -0.15) is 0 Å². The third kappa shape index (κ3) is 8.56. The number of aryl methyl sites for hydroxylation is 1. The first-order valence-corrected chi connectivity index (χ1v) is 18.8. The van der Waals surface area contributed by atoms with Crippen molar-refractivity contribution < 1.29 is 48.0 Å². The molecule has 13 atom stereocenters. The molecule has 0 spiro atoms. The number of ketones is 2. The zero-order valence-electron chi connectivity index (χ0n) is 32.9. The standard InChI is InChI=1S/C38H62N4O10/c1-12-28-38(8)32(42(36(47)52-38)17-14-13-16-41-18-15-39-21-41)24(4)29(43)22(2)20-37(7,48-11)33(25(5)30(44)26(6)34(46)50-28)51-35-31(45)27(40(9)10)19-23(3)49-35/h15,18,21-28,31-33,35,45H,12-14,16-17,19-20H2,1-11H3/t22-,23-,24+,25+,26-,27+,28-,31-,32+,33-,35+,37-,38-/m1/s1. The second-order valence-corrected chi connectivity index (χ2v) is 15.9. The van der Waals surface area contributed by atoms with Gasteiger partial charge in [0, 0.05) is 56.4 Å². The molecule has 0 unspecified atom stereocenters. The summed E-state index contributed by atoms with van der Waals surface area (Å²) in [6.07, 6.45) is 2.78. The molecule has 0 aliphatic carbocycles. The number of amides is 1. The number of aliphatic hydroxyl groups is 1. The summed E-state index contributed by atoms with van der Waals surface area (Å²) in [6.45, 7) is 15.0. The van der Waals surface area contributed by atoms with Crippen LogP contribution in [0.4, 0.5) is 4.79 Å². The van der Waals surface area contributed by atoms with Gasteiger partial charge in [0.1, 0.15) is 23.9 Å². The van der Waals surface area contributed by atoms with Gasteiger partial charge in [0.15, 0.2) is 17.7 Å². The lowest BCUT2D eigenvalue weighted by Gasteiger charge is -2.47. The van der Waals surface area contributed by atoms with Crippen LogP contribution in [0.25, 0.3) is 0 Å². The summed E-state index contributed by atoms with van der Waals surface area (Å²) in [5.74, 6) is -4.85. The van der Waals surface area contributed by atoms with Gasteiger partial charge < -0.3 is 43.2 Å². The largest absolute Gasteiger partial charge is 0.458 e. The predicted octanol–water partition coefficient (Wildman–Crippen LogP) is 3.87. The Morgan fingerprint density at radius 3 is 2.29 bits per heavy atom. The van der Waals surface area contributed by atoms with Gasteiger partial charge in [-0.15, -0.1) is 0 Å². The molecule has 294 valence electrons. The molecule has 4 heterocycles. The monoisotopic (exact) mass is 734 g/mol. The van der Waals surface area contributed by atoms with Gasteiger partial charge in [0.05, 0.1) is 30.2 Å². The molecule has 0 aromatic carbocycles. The highest BCUT2D eigenvalue weighted by atomic mass is 16.7. The number of ether oxygens (including phenoxy) is 5. The lowest BCUT2D eigenvalue weighted by Crippen LogP contribution is -2.60. The SMILES string of the molecule is CC[C@H]1OC(=O)[C@H](C)C(=O)[C@H](C)[C@@H](O[C@@H]2O[C@H](C)C[C@H](N(C)C)[C@H]2O)[C@](C)(OC)C[C@@H](C)C(=O)[C@H](C)[C@@H]2N(CCCCn3ccnc3)C(=O)O[C@@]21C. The Labute approximate surface area is 308 Å². The van der Waals surface area contributed by atoms with Crippen molar-refractivity contribution in [3.8, 4) is 0 Å². The fourth-order valence-electron chi connectivity index (χ4n) is 8.70. The van der Waals surface area contributed by atoms with E-state index in [1.165, 1.54) is 14.0 Å². The molecule has 14 heteroatoms. The number of esters is 1. The summed E-state index contributed by atoms with van der Waals surface area (Å²) >= 11 is 0. The second kappa shape index (κ2) is 17.0. The van der Waals surface area contributed by atoms with E-state index in [4.69, 9.17) is 23.7 Å². The third-order valence-electron chi connectivity index (χ3n) is 11.8. The van der Waals surface area contributed by atoms with Crippen LogP contribution in [0.15, 0.2) is 18.7 Å². The summed E-state index contributed by atoms with van der Waals surface area (Å²) in [5, 5.41) is 11.4. The number of Topliss-reactive ketones (excluding diaryl/α,β-unsaturated/α-hetero) is 2. The number of likely N-dealkylation sites (N-methyl/N-ethyl adjacent to an activating group) is 1. The first-order valence-electron chi connectivity index (χ1n) is 18.8. The lowest BCUT2D eigenvalue weighted by atomic mass is 9.73. The van der Waals surface area contributed by atoms with Crippen LogP contribution in [0.1, 0.15) is 87.5 Å². The van der Waals surface area contributed by atoms with Gasteiger partial charge in [0.2, 0.25) is 0 Å². The van der Waals surface area contributed by atoms with E-state index in [9.17, 15) is 24.3 Å². The highest BCUT2D eigenvalue weighted by molar-refractivity contribution is 6.00. The summed E-state index contributed by atoms with van der Waals surface area (Å²) in [4.78, 5) is 63.9. The Balaban J connectivity index is 1.72. The zero-order chi connectivity index (χ0) is 38.7. The highest BCUT2D eigenvalue weighted by Gasteiger charge is 2.60. The van der Waals surface area contributed by atoms with Crippen molar-refractivity contribution in [2.24, 2.45) is 23.7 Å². The minimum absolute atomic E-state index is 0.138. The van der Waals surface area contributed by atoms with Crippen molar-refractivity contribution in [1.82, 2.24) is 19.4 Å². The molecule has 0 radical (unpaired) electrons. The Hall–Kier alpha value is -2.91. The maximum Gasteiger partial charge on any atom is 0.410 e. The van der Waals surface area contributed by atoms with E-state index in [1.807, 2.05) is 50.5 Å². The van der Waals surface area contributed by atoms with E-state index in [0.29, 0.717) is 25.9 Å². The fraction of sp³-hybridized carbons (Fsp3) is 0.816. The molecule has 1 N–H and O–H groups in total. The normalized spacial score (nSPS) is 39.6. The number of imidazole rings is 1. The number of aliphatic hydroxyl groups excluding tert-OH is 1. The molecule has 1 aromatic rings. The average Bonchev–Trinajstić information content (AvgIpc) is 3.71. The number of rotatable bonds is 10. The Bertz CT molecular complexity index is 1390. The van der Waals surface area contributed by atoms with Crippen molar-refractivity contribution in [2.45, 2.75) is 148 Å². The molecule has 14 nitrogen and oxygen atoms in total. The number of hydrogen-bond acceptors (Lipinski definition) is 12. The first-order chi connectivity index (χ1) is 24.4. The molecule has 52 heavy (non-hydrogen) atoms. The maximum atomic E-state index is 14.6. The Morgan fingerprint density at radius 1 is 1.02 bits per heavy atom. The van der Waals surface area contributed by atoms with E-state index in [1.54, 1.807) is 45.1 Å². The van der Waals surface area contributed by atoms with Crippen molar-refractivity contribution in [1.29, 1.82) is 0 Å². The van der Waals surface area contributed by atoms with Crippen LogP contribution in [0.5, 0.6) is 0 Å². The van der Waals surface area contributed by atoms with E-state index in [-0.39, 0.29) is 30.8 Å². The third-order valence-corrected chi connectivity index (χ3v) is 11.8. The molecule has 0 bridgehead atoms. The van der Waals surface area contributed by atoms with Gasteiger partial charge in [-0.05, 0) is 73.9 Å². The predicted molar refractivity (Wildman–Crippen MR) is 191 cm³/mol. The highest BCUT2D eigenvalue weighted by Crippen LogP contribution is 2.43. The summed E-state index contributed by atoms with van der Waals surface area (Å²) in [5.41, 5.74) is -2.62. The Kier molecular flexibility index (Phi) is 13.7. The van der Waals surface area contributed by atoms with Crippen LogP contribution < -0.4 is 0 Å². The van der Waals surface area contributed by atoms with Gasteiger partial charge in [0.25, 0.3) is 0 Å². The van der Waals surface area contributed by atoms with Crippen molar-refractivity contribution in [2.75, 3.05) is 27.7 Å². The molecule has 3 aliphatic rings. The van der Waals surface area contributed by atoms with Crippen molar-refractivity contribution >= 4 is 23.6 Å². The van der Waals surface area contributed by atoms with Gasteiger partial charge in [-0.3, -0.25) is 14.4 Å². The van der Waals surface area contributed by atoms with Gasteiger partial charge in [-0.1, -0.05) is 27.7 Å². The number of methoxy groups -OCH3 is 1. The van der Waals surface area contributed by atoms with Crippen LogP contribution in [0, 0.1) is 23.7 Å². The smallest absolute Gasteiger partial charge is 0.410 e. The molecule has 3 aliphatic heterocycles. The molecular weight excluding hydrogens is 672 g/mol. The number of fused-ring (bicyclic) bond motifs is 1. The number of unbranched alkanes of at least 4 members (excludes halogenated alkanes) is 1. The summed E-state index contributed by atoms with van der Waals surface area (Å²) in [6, 6.07) is -1.03. The van der Waals surface area contributed by atoms with Crippen LogP contribution in [0.2, 0.25) is 0 Å². The van der Waals surface area contributed by atoms with Gasteiger partial charge in [-0.25, -0.2) is 9.78 Å². The summed E-state index contributed by atoms with van der Waals surface area (Å²) < 4.78 is 33.0. The van der Waals surface area contributed by atoms with Gasteiger partial charge >= 0.3 is 12.1 Å². The first kappa shape index (κ1) is 41.8. The quantitative estimate of drug-likeness (QED) is 0.211. The lowest BCUT2D eigenvalue weighted by molar-refractivity contribution is -0.295. The van der Waals surface area contributed by atoms with Crippen LogP contribution in [-0.4, -0.2) is 130 Å². The molecule has 3 fully saturated rings. The van der Waals surface area contributed by atoms with Crippen LogP contribution >= 0.6 is 0 Å². The molecule has 1 aromatic heterocycles. The second-order valence-electron chi connectivity index (χ2n) is 15.9. The number of nitrogens with zero attached hydrogens (tertiary/aromatic N) is 4. The Morgan fingerprint density at radius 2 is 1.69 bits per heavy atom. The fourth-order valence-corrected chi connectivity index (χ4v) is 8.70. The molecular formula is C38H62N4O10. The minimum atomic E-state index is -1.37. The average molecular weight is 735 g/mol. The van der Waals surface area contributed by atoms with Crippen LogP contribution in [0.3, 0.4) is 0 Å². The number of hydrogen-bond donors (Lipinski definition) is 1. The molecule has 4 rings (SSSR count). The number of aromatic nitrogens is 2. The molecule has 0 saturated carbocycles. The number of carbonyl (C=O) groups is 4. The topological polar surface area (TPSA) is 159 Å². The number of cyclic esters (lactones) is 1. The maximum absolute atomic E-state index is 14.6. The van der Waals surface area contributed by atoms with Crippen molar-refractivity contribution in [3.05, 3.63) is 18.7 Å². The summed E-state index contributed by atoms with van der Waals surface area (Å²) in [7, 11) is 5.24. The van der Waals surface area contributed by atoms with Crippen molar-refractivity contribution in [3.63, 3.8) is 0 Å². The van der Waals surface area contributed by atoms with E-state index in [0.717, 1.165) is 6.42 Å². The van der Waals surface area contributed by atoms with E-state index in [2.05, 4.69) is 4.98 Å². The minimum Gasteiger partial charge on any atom is -0.458 e. The number of carbonyl (C=O) groups excluding carboxylic acids is 4. The zero-order valence-corrected chi connectivity index (χ0v) is 32.9. The molecule has 1 amide bonds. The van der Waals surface area contributed by atoms with E-state index < -0.39 is 83.4 Å². The molecule has 3 saturated heterocycles. The van der Waals surface area contributed by atoms with E-state index >= 15 is 0 Å².